The van der Waals surface area contributed by atoms with Gasteiger partial charge >= 0.3 is 0 Å². The first-order valence-electron chi connectivity index (χ1n) is 6.63. The average Bonchev–Trinajstić information content (AvgIpc) is 2.96. The lowest BCUT2D eigenvalue weighted by Gasteiger charge is -2.07. The molecule has 0 aliphatic carbocycles. The SMILES string of the molecule is Cc1noc(-c2ccc(C(=O)Nc3ccccc3O)cc2)n1. The number of aromatic hydroxyl groups is 1. The Morgan fingerprint density at radius 2 is 1.86 bits per heavy atom. The molecule has 0 unspecified atom stereocenters. The molecule has 0 aliphatic rings. The van der Waals surface area contributed by atoms with Crippen LogP contribution in [0.1, 0.15) is 16.2 Å². The Labute approximate surface area is 126 Å². The molecule has 3 rings (SSSR count). The quantitative estimate of drug-likeness (QED) is 0.725. The summed E-state index contributed by atoms with van der Waals surface area (Å²) in [7, 11) is 0. The topological polar surface area (TPSA) is 88.2 Å². The van der Waals surface area contributed by atoms with Gasteiger partial charge in [0.05, 0.1) is 5.69 Å². The molecule has 0 atom stereocenters. The normalized spacial score (nSPS) is 10.4. The summed E-state index contributed by atoms with van der Waals surface area (Å²) in [5, 5.41) is 16.0. The van der Waals surface area contributed by atoms with Crippen molar-refractivity contribution in [3.8, 4) is 17.2 Å². The van der Waals surface area contributed by atoms with E-state index in [4.69, 9.17) is 4.52 Å². The lowest BCUT2D eigenvalue weighted by atomic mass is 10.1. The second-order valence-electron chi connectivity index (χ2n) is 4.70. The molecule has 1 aromatic heterocycles. The van der Waals surface area contributed by atoms with Gasteiger partial charge < -0.3 is 14.9 Å². The number of aromatic nitrogens is 2. The van der Waals surface area contributed by atoms with Gasteiger partial charge in [0, 0.05) is 11.1 Å². The Bertz CT molecular complexity index is 810. The predicted octanol–water partition coefficient (Wildman–Crippen LogP) is 3.00. The van der Waals surface area contributed by atoms with E-state index < -0.39 is 0 Å². The molecule has 110 valence electrons. The number of hydrogen-bond acceptors (Lipinski definition) is 5. The second kappa shape index (κ2) is 5.69. The fraction of sp³-hybridized carbons (Fsp3) is 0.0625. The first kappa shape index (κ1) is 13.8. The molecule has 2 aromatic carbocycles. The molecular formula is C16H13N3O3. The fourth-order valence-electron chi connectivity index (χ4n) is 1.95. The number of nitrogens with zero attached hydrogens (tertiary/aromatic N) is 2. The number of anilines is 1. The van der Waals surface area contributed by atoms with Gasteiger partial charge in [-0.3, -0.25) is 4.79 Å². The van der Waals surface area contributed by atoms with Crippen LogP contribution < -0.4 is 5.32 Å². The largest absolute Gasteiger partial charge is 0.506 e. The van der Waals surface area contributed by atoms with Crippen molar-refractivity contribution in [2.24, 2.45) is 0 Å². The molecule has 2 N–H and O–H groups in total. The number of nitrogens with one attached hydrogen (secondary N) is 1. The van der Waals surface area contributed by atoms with Crippen LogP contribution in [-0.2, 0) is 0 Å². The van der Waals surface area contributed by atoms with Crippen LogP contribution >= 0.6 is 0 Å². The van der Waals surface area contributed by atoms with Crippen molar-refractivity contribution >= 4 is 11.6 Å². The standard InChI is InChI=1S/C16H13N3O3/c1-10-17-16(22-19-10)12-8-6-11(7-9-12)15(21)18-13-4-2-3-5-14(13)20/h2-9,20H,1H3,(H,18,21). The lowest BCUT2D eigenvalue weighted by Crippen LogP contribution is -2.11. The molecule has 0 aliphatic heterocycles. The van der Waals surface area contributed by atoms with Crippen molar-refractivity contribution in [2.75, 3.05) is 5.32 Å². The summed E-state index contributed by atoms with van der Waals surface area (Å²) in [6.07, 6.45) is 0. The predicted molar refractivity (Wildman–Crippen MR) is 80.5 cm³/mol. The zero-order valence-electron chi connectivity index (χ0n) is 11.8. The molecule has 6 heteroatoms. The van der Waals surface area contributed by atoms with E-state index in [2.05, 4.69) is 15.5 Å². The summed E-state index contributed by atoms with van der Waals surface area (Å²) in [5.74, 6) is 0.671. The number of carbonyl (C=O) groups is 1. The molecule has 0 fully saturated rings. The first-order chi connectivity index (χ1) is 10.6. The minimum Gasteiger partial charge on any atom is -0.506 e. The summed E-state index contributed by atoms with van der Waals surface area (Å²) in [6.45, 7) is 1.74. The van der Waals surface area contributed by atoms with Crippen molar-refractivity contribution in [3.63, 3.8) is 0 Å². The van der Waals surface area contributed by atoms with E-state index in [0.29, 0.717) is 23.0 Å². The van der Waals surface area contributed by atoms with Crippen LogP contribution in [0, 0.1) is 6.92 Å². The maximum atomic E-state index is 12.1. The number of carbonyl (C=O) groups excluding carboxylic acids is 1. The zero-order chi connectivity index (χ0) is 15.5. The van der Waals surface area contributed by atoms with Crippen molar-refractivity contribution in [1.82, 2.24) is 10.1 Å². The molecule has 22 heavy (non-hydrogen) atoms. The number of para-hydroxylation sites is 2. The Balaban J connectivity index is 1.78. The van der Waals surface area contributed by atoms with E-state index >= 15 is 0 Å². The summed E-state index contributed by atoms with van der Waals surface area (Å²) in [6, 6.07) is 13.3. The van der Waals surface area contributed by atoms with Crippen LogP contribution in [-0.4, -0.2) is 21.2 Å². The third kappa shape index (κ3) is 2.80. The molecule has 0 saturated carbocycles. The van der Waals surface area contributed by atoms with E-state index in [-0.39, 0.29) is 11.7 Å². The number of rotatable bonds is 3. The molecule has 3 aromatic rings. The monoisotopic (exact) mass is 295 g/mol. The minimum atomic E-state index is -0.310. The highest BCUT2D eigenvalue weighted by atomic mass is 16.5. The van der Waals surface area contributed by atoms with E-state index in [1.54, 1.807) is 49.4 Å². The molecule has 6 nitrogen and oxygen atoms in total. The van der Waals surface area contributed by atoms with Crippen LogP contribution in [0.15, 0.2) is 53.1 Å². The van der Waals surface area contributed by atoms with E-state index in [1.165, 1.54) is 6.07 Å². The van der Waals surface area contributed by atoms with Crippen molar-refractivity contribution < 1.29 is 14.4 Å². The number of phenols is 1. The van der Waals surface area contributed by atoms with Gasteiger partial charge in [-0.15, -0.1) is 0 Å². The van der Waals surface area contributed by atoms with Crippen LogP contribution in [0.3, 0.4) is 0 Å². The Kier molecular flexibility index (Phi) is 3.57. The Morgan fingerprint density at radius 1 is 1.14 bits per heavy atom. The Morgan fingerprint density at radius 3 is 2.50 bits per heavy atom. The average molecular weight is 295 g/mol. The third-order valence-corrected chi connectivity index (χ3v) is 3.07. The van der Waals surface area contributed by atoms with Gasteiger partial charge in [-0.05, 0) is 43.3 Å². The highest BCUT2D eigenvalue weighted by Gasteiger charge is 2.10. The first-order valence-corrected chi connectivity index (χ1v) is 6.63. The number of aryl methyl sites for hydroxylation is 1. The molecule has 0 radical (unpaired) electrons. The van der Waals surface area contributed by atoms with Crippen LogP contribution in [0.2, 0.25) is 0 Å². The van der Waals surface area contributed by atoms with Gasteiger partial charge in [0.15, 0.2) is 5.82 Å². The molecule has 0 saturated heterocycles. The van der Waals surface area contributed by atoms with Gasteiger partial charge in [-0.1, -0.05) is 17.3 Å². The van der Waals surface area contributed by atoms with E-state index in [0.717, 1.165) is 5.56 Å². The van der Waals surface area contributed by atoms with Gasteiger partial charge in [-0.2, -0.15) is 4.98 Å². The molecular weight excluding hydrogens is 282 g/mol. The summed E-state index contributed by atoms with van der Waals surface area (Å²) in [4.78, 5) is 16.3. The summed E-state index contributed by atoms with van der Waals surface area (Å²) < 4.78 is 5.07. The highest BCUT2D eigenvalue weighted by Crippen LogP contribution is 2.23. The maximum absolute atomic E-state index is 12.1. The van der Waals surface area contributed by atoms with Gasteiger partial charge in [0.1, 0.15) is 5.75 Å². The molecule has 1 heterocycles. The fourth-order valence-corrected chi connectivity index (χ4v) is 1.95. The number of phenolic OH excluding ortho intramolecular Hbond substituents is 1. The smallest absolute Gasteiger partial charge is 0.257 e. The second-order valence-corrected chi connectivity index (χ2v) is 4.70. The Hall–Kier alpha value is -3.15. The van der Waals surface area contributed by atoms with Gasteiger partial charge in [-0.25, -0.2) is 0 Å². The van der Waals surface area contributed by atoms with Crippen LogP contribution in [0.4, 0.5) is 5.69 Å². The van der Waals surface area contributed by atoms with Gasteiger partial charge in [0.2, 0.25) is 0 Å². The molecule has 0 spiro atoms. The number of amides is 1. The summed E-state index contributed by atoms with van der Waals surface area (Å²) >= 11 is 0. The zero-order valence-corrected chi connectivity index (χ0v) is 11.8. The third-order valence-electron chi connectivity index (χ3n) is 3.07. The maximum Gasteiger partial charge on any atom is 0.257 e. The van der Waals surface area contributed by atoms with Crippen LogP contribution in [0.25, 0.3) is 11.5 Å². The molecule has 1 amide bonds. The number of benzene rings is 2. The van der Waals surface area contributed by atoms with E-state index in [9.17, 15) is 9.90 Å². The lowest BCUT2D eigenvalue weighted by molar-refractivity contribution is 0.102. The highest BCUT2D eigenvalue weighted by molar-refractivity contribution is 6.05. The van der Waals surface area contributed by atoms with Crippen molar-refractivity contribution in [1.29, 1.82) is 0 Å². The summed E-state index contributed by atoms with van der Waals surface area (Å²) in [5.41, 5.74) is 1.56. The van der Waals surface area contributed by atoms with Crippen LogP contribution in [0.5, 0.6) is 5.75 Å². The minimum absolute atomic E-state index is 0.0220. The van der Waals surface area contributed by atoms with Crippen molar-refractivity contribution in [3.05, 3.63) is 59.9 Å². The van der Waals surface area contributed by atoms with Crippen molar-refractivity contribution in [2.45, 2.75) is 6.92 Å². The molecule has 0 bridgehead atoms. The van der Waals surface area contributed by atoms with E-state index in [1.807, 2.05) is 0 Å². The van der Waals surface area contributed by atoms with Gasteiger partial charge in [0.25, 0.3) is 11.8 Å². The number of hydrogen-bond donors (Lipinski definition) is 2.